The lowest BCUT2D eigenvalue weighted by Gasteiger charge is -2.17. The Bertz CT molecular complexity index is 346. The highest BCUT2D eigenvalue weighted by Crippen LogP contribution is 2.20. The number of aliphatic hydroxyl groups excluding tert-OH is 1. The maximum Gasteiger partial charge on any atom is 0.129 e. The van der Waals surface area contributed by atoms with Crippen molar-refractivity contribution < 1.29 is 9.50 Å². The van der Waals surface area contributed by atoms with E-state index < -0.39 is 0 Å². The average molecular weight is 290 g/mol. The van der Waals surface area contributed by atoms with E-state index in [0.29, 0.717) is 18.5 Å². The zero-order chi connectivity index (χ0) is 12.1. The first-order valence-electron chi connectivity index (χ1n) is 5.41. The zero-order valence-electron chi connectivity index (χ0n) is 9.50. The third-order valence-corrected chi connectivity index (χ3v) is 3.05. The maximum atomic E-state index is 13.6. The summed E-state index contributed by atoms with van der Waals surface area (Å²) < 4.78 is 14.3. The molecular formula is C12H17BrFNO. The molecular weight excluding hydrogens is 273 g/mol. The Morgan fingerprint density at radius 1 is 1.50 bits per heavy atom. The van der Waals surface area contributed by atoms with Crippen molar-refractivity contribution in [1.29, 1.82) is 0 Å². The molecule has 90 valence electrons. The highest BCUT2D eigenvalue weighted by atomic mass is 79.9. The second kappa shape index (κ2) is 6.33. The topological polar surface area (TPSA) is 32.3 Å². The third-order valence-electron chi connectivity index (χ3n) is 2.56. The molecule has 0 bridgehead atoms. The van der Waals surface area contributed by atoms with Gasteiger partial charge in [0.05, 0.1) is 6.10 Å². The lowest BCUT2D eigenvalue weighted by Crippen LogP contribution is -2.29. The molecule has 4 heteroatoms. The van der Waals surface area contributed by atoms with Crippen molar-refractivity contribution >= 4 is 15.9 Å². The summed E-state index contributed by atoms with van der Waals surface area (Å²) in [6.45, 7) is 4.28. The van der Waals surface area contributed by atoms with Crippen molar-refractivity contribution in [2.45, 2.75) is 32.4 Å². The van der Waals surface area contributed by atoms with Gasteiger partial charge in [-0.3, -0.25) is 0 Å². The highest BCUT2D eigenvalue weighted by Gasteiger charge is 2.11. The molecule has 0 aliphatic carbocycles. The van der Waals surface area contributed by atoms with Gasteiger partial charge < -0.3 is 10.4 Å². The number of hydrogen-bond donors (Lipinski definition) is 2. The van der Waals surface area contributed by atoms with Crippen LogP contribution < -0.4 is 5.32 Å². The molecule has 2 nitrogen and oxygen atoms in total. The summed E-state index contributed by atoms with van der Waals surface area (Å²) in [4.78, 5) is 0. The van der Waals surface area contributed by atoms with Crippen molar-refractivity contribution in [1.82, 2.24) is 5.32 Å². The molecule has 0 aliphatic heterocycles. The smallest absolute Gasteiger partial charge is 0.129 e. The van der Waals surface area contributed by atoms with Crippen LogP contribution in [-0.4, -0.2) is 17.8 Å². The minimum Gasteiger partial charge on any atom is -0.392 e. The monoisotopic (exact) mass is 289 g/mol. The second-order valence-electron chi connectivity index (χ2n) is 3.86. The van der Waals surface area contributed by atoms with Gasteiger partial charge in [0.1, 0.15) is 5.82 Å². The predicted molar refractivity (Wildman–Crippen MR) is 66.8 cm³/mol. The van der Waals surface area contributed by atoms with Crippen molar-refractivity contribution in [2.75, 3.05) is 6.54 Å². The first kappa shape index (κ1) is 13.6. The fourth-order valence-electron chi connectivity index (χ4n) is 1.42. The van der Waals surface area contributed by atoms with Crippen LogP contribution in [0.4, 0.5) is 4.39 Å². The van der Waals surface area contributed by atoms with Gasteiger partial charge in [-0.1, -0.05) is 28.9 Å². The summed E-state index contributed by atoms with van der Waals surface area (Å²) in [5, 5.41) is 12.5. The molecule has 0 amide bonds. The average Bonchev–Trinajstić information content (AvgIpc) is 2.25. The first-order chi connectivity index (χ1) is 7.54. The summed E-state index contributed by atoms with van der Waals surface area (Å²) >= 11 is 3.22. The highest BCUT2D eigenvalue weighted by molar-refractivity contribution is 9.10. The van der Waals surface area contributed by atoms with Crippen molar-refractivity contribution in [3.8, 4) is 0 Å². The summed E-state index contributed by atoms with van der Waals surface area (Å²) in [6, 6.07) is 4.90. The molecule has 0 spiro atoms. The molecule has 0 heterocycles. The van der Waals surface area contributed by atoms with Gasteiger partial charge in [0.2, 0.25) is 0 Å². The molecule has 1 rings (SSSR count). The van der Waals surface area contributed by atoms with E-state index in [9.17, 15) is 9.50 Å². The molecule has 0 saturated carbocycles. The largest absolute Gasteiger partial charge is 0.392 e. The van der Waals surface area contributed by atoms with E-state index in [-0.39, 0.29) is 18.0 Å². The number of halogens is 2. The van der Waals surface area contributed by atoms with Crippen LogP contribution >= 0.6 is 15.9 Å². The molecule has 0 aromatic heterocycles. The maximum absolute atomic E-state index is 13.6. The van der Waals surface area contributed by atoms with Gasteiger partial charge in [-0.2, -0.15) is 0 Å². The van der Waals surface area contributed by atoms with Crippen molar-refractivity contribution in [3.63, 3.8) is 0 Å². The number of nitrogens with one attached hydrogen (secondary N) is 1. The number of benzene rings is 1. The molecule has 0 aliphatic rings. The molecule has 2 atom stereocenters. The molecule has 2 N–H and O–H groups in total. The van der Waals surface area contributed by atoms with Crippen LogP contribution in [0.15, 0.2) is 22.7 Å². The molecule has 2 unspecified atom stereocenters. The van der Waals surface area contributed by atoms with E-state index in [1.54, 1.807) is 6.07 Å². The molecule has 0 radical (unpaired) electrons. The summed E-state index contributed by atoms with van der Waals surface area (Å²) in [7, 11) is 0. The lowest BCUT2D eigenvalue weighted by atomic mass is 10.1. The van der Waals surface area contributed by atoms with Gasteiger partial charge in [-0.25, -0.2) is 4.39 Å². The third kappa shape index (κ3) is 3.85. The minimum atomic E-state index is -0.374. The van der Waals surface area contributed by atoms with Crippen LogP contribution in [0.2, 0.25) is 0 Å². The zero-order valence-corrected chi connectivity index (χ0v) is 11.1. The molecule has 1 aromatic rings. The number of rotatable bonds is 5. The summed E-state index contributed by atoms with van der Waals surface area (Å²) in [5.41, 5.74) is 0.617. The van der Waals surface area contributed by atoms with Gasteiger partial charge >= 0.3 is 0 Å². The van der Waals surface area contributed by atoms with E-state index in [1.165, 1.54) is 6.07 Å². The molecule has 0 saturated heterocycles. The van der Waals surface area contributed by atoms with Crippen LogP contribution in [0.1, 0.15) is 31.9 Å². The van der Waals surface area contributed by atoms with Gasteiger partial charge in [0.15, 0.2) is 0 Å². The lowest BCUT2D eigenvalue weighted by molar-refractivity contribution is 0.163. The molecule has 1 aromatic carbocycles. The quantitative estimate of drug-likeness (QED) is 0.873. The van der Waals surface area contributed by atoms with E-state index in [1.807, 2.05) is 19.9 Å². The van der Waals surface area contributed by atoms with Crippen LogP contribution in [0.3, 0.4) is 0 Å². The fourth-order valence-corrected chi connectivity index (χ4v) is 1.75. The first-order valence-corrected chi connectivity index (χ1v) is 6.20. The normalized spacial score (nSPS) is 14.8. The Hall–Kier alpha value is -0.450. The fraction of sp³-hybridized carbons (Fsp3) is 0.500. The van der Waals surface area contributed by atoms with Crippen LogP contribution in [-0.2, 0) is 0 Å². The van der Waals surface area contributed by atoms with E-state index in [4.69, 9.17) is 0 Å². The SMILES string of the molecule is CCC(O)CNC(C)c1ccc(Br)cc1F. The van der Waals surface area contributed by atoms with Crippen LogP contribution in [0.25, 0.3) is 0 Å². The van der Waals surface area contributed by atoms with E-state index in [0.717, 1.165) is 4.47 Å². The van der Waals surface area contributed by atoms with E-state index >= 15 is 0 Å². The molecule has 0 fully saturated rings. The molecule has 16 heavy (non-hydrogen) atoms. The Morgan fingerprint density at radius 2 is 2.19 bits per heavy atom. The van der Waals surface area contributed by atoms with E-state index in [2.05, 4.69) is 21.2 Å². The summed E-state index contributed by atoms with van der Waals surface area (Å²) in [5.74, 6) is -0.236. The predicted octanol–water partition coefficient (Wildman–Crippen LogP) is 3.01. The minimum absolute atomic E-state index is 0.103. The van der Waals surface area contributed by atoms with Gasteiger partial charge in [0.25, 0.3) is 0 Å². The standard InChI is InChI=1S/C12H17BrFNO/c1-3-10(16)7-15-8(2)11-5-4-9(13)6-12(11)14/h4-6,8,10,15-16H,3,7H2,1-2H3. The van der Waals surface area contributed by atoms with Crippen LogP contribution in [0, 0.1) is 5.82 Å². The van der Waals surface area contributed by atoms with Crippen molar-refractivity contribution in [2.24, 2.45) is 0 Å². The number of hydrogen-bond acceptors (Lipinski definition) is 2. The Morgan fingerprint density at radius 3 is 2.75 bits per heavy atom. The Balaban J connectivity index is 2.62. The number of aliphatic hydroxyl groups is 1. The van der Waals surface area contributed by atoms with Crippen LogP contribution in [0.5, 0.6) is 0 Å². The van der Waals surface area contributed by atoms with Gasteiger partial charge in [0, 0.05) is 22.6 Å². The van der Waals surface area contributed by atoms with Crippen molar-refractivity contribution in [3.05, 3.63) is 34.1 Å². The van der Waals surface area contributed by atoms with Gasteiger partial charge in [-0.05, 0) is 25.5 Å². The Kier molecular flexibility index (Phi) is 5.38. The Labute approximate surface area is 104 Å². The second-order valence-corrected chi connectivity index (χ2v) is 4.77. The summed E-state index contributed by atoms with van der Waals surface area (Å²) in [6.07, 6.45) is 0.323. The van der Waals surface area contributed by atoms with Gasteiger partial charge in [-0.15, -0.1) is 0 Å².